The van der Waals surface area contributed by atoms with Gasteiger partial charge in [-0.05, 0) is 17.1 Å². The van der Waals surface area contributed by atoms with Gasteiger partial charge in [0.2, 0.25) is 5.24 Å². The van der Waals surface area contributed by atoms with E-state index in [9.17, 15) is 9.59 Å². The van der Waals surface area contributed by atoms with Crippen molar-refractivity contribution >= 4 is 22.8 Å². The number of hydrogen-bond acceptors (Lipinski definition) is 5. The van der Waals surface area contributed by atoms with E-state index in [0.717, 1.165) is 0 Å². The van der Waals surface area contributed by atoms with E-state index in [2.05, 4.69) is 10.0 Å². The number of halogens is 1. The van der Waals surface area contributed by atoms with E-state index >= 15 is 0 Å². The molecule has 0 N–H and O–H groups in total. The first-order valence-electron chi connectivity index (χ1n) is 4.59. The van der Waals surface area contributed by atoms with Crippen molar-refractivity contribution in [3.8, 4) is 0 Å². The van der Waals surface area contributed by atoms with Gasteiger partial charge in [-0.1, -0.05) is 5.11 Å². The molecule has 0 unspecified atom stereocenters. The van der Waals surface area contributed by atoms with Crippen molar-refractivity contribution in [1.82, 2.24) is 0 Å². The van der Waals surface area contributed by atoms with Crippen LogP contribution in [-0.2, 0) is 19.1 Å². The zero-order valence-electron chi connectivity index (χ0n) is 8.60. The summed E-state index contributed by atoms with van der Waals surface area (Å²) >= 11 is 5.04. The second-order valence-electron chi connectivity index (χ2n) is 2.64. The van der Waals surface area contributed by atoms with Gasteiger partial charge in [-0.25, -0.2) is 0 Å². The zero-order valence-corrected chi connectivity index (χ0v) is 9.35. The molecule has 0 spiro atoms. The minimum atomic E-state index is -0.567. The summed E-state index contributed by atoms with van der Waals surface area (Å²) in [6.45, 7) is 0.847. The summed E-state index contributed by atoms with van der Waals surface area (Å²) < 4.78 is 9.70. The normalized spacial score (nSPS) is 9.31. The summed E-state index contributed by atoms with van der Waals surface area (Å²) in [5.41, 5.74) is 7.94. The van der Waals surface area contributed by atoms with Crippen LogP contribution in [0.5, 0.6) is 0 Å². The fourth-order valence-corrected chi connectivity index (χ4v) is 0.834. The van der Waals surface area contributed by atoms with Crippen LogP contribution in [0, 0.1) is 0 Å². The molecule has 7 nitrogen and oxygen atoms in total. The number of carbonyl (C=O) groups excluding carboxylic acids is 2. The maximum atomic E-state index is 10.9. The van der Waals surface area contributed by atoms with Crippen LogP contribution < -0.4 is 0 Å². The SMILES string of the molecule is [N-]=[N+]=NCCOCCOC(=O)CCC(=O)Cl. The number of azide groups is 1. The van der Waals surface area contributed by atoms with Crippen LogP contribution in [0.15, 0.2) is 5.11 Å². The maximum Gasteiger partial charge on any atom is 0.306 e. The summed E-state index contributed by atoms with van der Waals surface area (Å²) in [4.78, 5) is 23.8. The Balaban J connectivity index is 3.27. The van der Waals surface area contributed by atoms with Gasteiger partial charge < -0.3 is 9.47 Å². The van der Waals surface area contributed by atoms with Crippen LogP contribution in [0.4, 0.5) is 0 Å². The van der Waals surface area contributed by atoms with Gasteiger partial charge in [0, 0.05) is 17.9 Å². The van der Waals surface area contributed by atoms with Crippen molar-refractivity contribution in [1.29, 1.82) is 0 Å². The van der Waals surface area contributed by atoms with Gasteiger partial charge in [0.25, 0.3) is 0 Å². The second kappa shape index (κ2) is 10.2. The van der Waals surface area contributed by atoms with E-state index in [1.807, 2.05) is 0 Å². The molecule has 0 aliphatic rings. The fraction of sp³-hybridized carbons (Fsp3) is 0.750. The molecule has 0 aliphatic heterocycles. The van der Waals surface area contributed by atoms with Crippen LogP contribution in [0.1, 0.15) is 12.8 Å². The van der Waals surface area contributed by atoms with Crippen LogP contribution in [0.3, 0.4) is 0 Å². The molecule has 8 heteroatoms. The largest absolute Gasteiger partial charge is 0.463 e. The average molecular weight is 250 g/mol. The van der Waals surface area contributed by atoms with Crippen molar-refractivity contribution in [2.75, 3.05) is 26.4 Å². The van der Waals surface area contributed by atoms with E-state index < -0.39 is 11.2 Å². The van der Waals surface area contributed by atoms with E-state index in [1.54, 1.807) is 0 Å². The third-order valence-corrected chi connectivity index (χ3v) is 1.60. The molecule has 0 saturated heterocycles. The van der Waals surface area contributed by atoms with Gasteiger partial charge in [0.1, 0.15) is 6.61 Å². The van der Waals surface area contributed by atoms with Crippen molar-refractivity contribution in [2.45, 2.75) is 12.8 Å². The molecule has 0 radical (unpaired) electrons. The number of esters is 1. The lowest BCUT2D eigenvalue weighted by atomic mass is 10.3. The molecule has 0 rings (SSSR count). The highest BCUT2D eigenvalue weighted by Crippen LogP contribution is 1.96. The van der Waals surface area contributed by atoms with Crippen LogP contribution in [-0.4, -0.2) is 37.6 Å². The van der Waals surface area contributed by atoms with Crippen molar-refractivity contribution in [2.24, 2.45) is 5.11 Å². The minimum Gasteiger partial charge on any atom is -0.463 e. The molecule has 0 fully saturated rings. The Morgan fingerprint density at radius 2 is 2.00 bits per heavy atom. The highest BCUT2D eigenvalue weighted by atomic mass is 35.5. The van der Waals surface area contributed by atoms with Gasteiger partial charge >= 0.3 is 5.97 Å². The first kappa shape index (κ1) is 14.7. The average Bonchev–Trinajstić information content (AvgIpc) is 2.25. The molecule has 0 aliphatic carbocycles. The number of rotatable bonds is 9. The number of hydrogen-bond donors (Lipinski definition) is 0. The Bertz CT molecular complexity index is 278. The monoisotopic (exact) mass is 249 g/mol. The van der Waals surface area contributed by atoms with Crippen molar-refractivity contribution < 1.29 is 19.1 Å². The first-order valence-corrected chi connectivity index (χ1v) is 4.97. The molecule has 0 aromatic carbocycles. The highest BCUT2D eigenvalue weighted by Gasteiger charge is 2.05. The smallest absolute Gasteiger partial charge is 0.306 e. The maximum absolute atomic E-state index is 10.9. The fourth-order valence-electron chi connectivity index (χ4n) is 0.739. The van der Waals surface area contributed by atoms with Gasteiger partial charge in [0.05, 0.1) is 19.6 Å². The molecule has 0 aromatic heterocycles. The van der Waals surface area contributed by atoms with Crippen LogP contribution >= 0.6 is 11.6 Å². The molecule has 0 atom stereocenters. The Morgan fingerprint density at radius 3 is 2.62 bits per heavy atom. The Hall–Kier alpha value is -1.30. The number of ether oxygens (including phenoxy) is 2. The standard InChI is InChI=1S/C8H12ClN3O4/c9-7(13)1-2-8(14)16-6-5-15-4-3-11-12-10/h1-6H2. The molecular formula is C8H12ClN3O4. The second-order valence-corrected chi connectivity index (χ2v) is 3.06. The predicted molar refractivity (Wildman–Crippen MR) is 55.9 cm³/mol. The summed E-state index contributed by atoms with van der Waals surface area (Å²) in [7, 11) is 0. The van der Waals surface area contributed by atoms with Crippen LogP contribution in [0.2, 0.25) is 0 Å². The quantitative estimate of drug-likeness (QED) is 0.154. The molecule has 0 saturated carbocycles. The summed E-state index contributed by atoms with van der Waals surface area (Å²) in [6, 6.07) is 0. The topological polar surface area (TPSA) is 101 Å². The Labute approximate surface area is 97.3 Å². The van der Waals surface area contributed by atoms with E-state index in [1.165, 1.54) is 0 Å². The molecule has 0 bridgehead atoms. The van der Waals surface area contributed by atoms with E-state index in [4.69, 9.17) is 26.6 Å². The summed E-state index contributed by atoms with van der Waals surface area (Å²) in [5.74, 6) is -0.493. The molecule has 0 heterocycles. The van der Waals surface area contributed by atoms with Crippen LogP contribution in [0.25, 0.3) is 10.4 Å². The molecule has 0 amide bonds. The lowest BCUT2D eigenvalue weighted by Gasteiger charge is -2.04. The number of nitrogens with zero attached hydrogens (tertiary/aromatic N) is 3. The first-order chi connectivity index (χ1) is 7.66. The highest BCUT2D eigenvalue weighted by molar-refractivity contribution is 6.63. The van der Waals surface area contributed by atoms with Gasteiger partial charge in [-0.3, -0.25) is 9.59 Å². The zero-order chi connectivity index (χ0) is 12.2. The molecule has 16 heavy (non-hydrogen) atoms. The van der Waals surface area contributed by atoms with E-state index in [-0.39, 0.29) is 39.2 Å². The Kier molecular flexibility index (Phi) is 9.39. The third-order valence-electron chi connectivity index (χ3n) is 1.42. The lowest BCUT2D eigenvalue weighted by molar-refractivity contribution is -0.145. The number of carbonyl (C=O) groups is 2. The minimum absolute atomic E-state index is 0.0267. The lowest BCUT2D eigenvalue weighted by Crippen LogP contribution is -2.12. The molecule has 90 valence electrons. The third kappa shape index (κ3) is 10.8. The molecular weight excluding hydrogens is 238 g/mol. The van der Waals surface area contributed by atoms with Crippen molar-refractivity contribution in [3.63, 3.8) is 0 Å². The summed E-state index contributed by atoms with van der Waals surface area (Å²) in [5, 5.41) is 2.68. The Morgan fingerprint density at radius 1 is 1.25 bits per heavy atom. The summed E-state index contributed by atoms with van der Waals surface area (Å²) in [6.07, 6.45) is -0.0564. The van der Waals surface area contributed by atoms with Crippen molar-refractivity contribution in [3.05, 3.63) is 10.4 Å². The molecule has 0 aromatic rings. The van der Waals surface area contributed by atoms with Gasteiger partial charge in [-0.2, -0.15) is 0 Å². The predicted octanol–water partition coefficient (Wildman–Crippen LogP) is 1.40. The van der Waals surface area contributed by atoms with E-state index in [0.29, 0.717) is 0 Å². The van der Waals surface area contributed by atoms with Gasteiger partial charge in [-0.15, -0.1) is 0 Å². The van der Waals surface area contributed by atoms with Gasteiger partial charge in [0.15, 0.2) is 0 Å².